The molecule has 0 aliphatic heterocycles. The van der Waals surface area contributed by atoms with Gasteiger partial charge in [0.25, 0.3) is 5.56 Å². The first-order valence-corrected chi connectivity index (χ1v) is 5.89. The summed E-state index contributed by atoms with van der Waals surface area (Å²) in [6, 6.07) is 3.31. The number of rotatable bonds is 2. The summed E-state index contributed by atoms with van der Waals surface area (Å²) in [4.78, 5) is 20.1. The van der Waals surface area contributed by atoms with Crippen molar-refractivity contribution in [1.82, 2.24) is 14.5 Å². The van der Waals surface area contributed by atoms with Crippen molar-refractivity contribution in [2.45, 2.75) is 18.6 Å². The minimum absolute atomic E-state index is 0.0178. The molecule has 0 radical (unpaired) electrons. The second kappa shape index (κ2) is 4.02. The number of fused-ring (bicyclic) bond motifs is 1. The van der Waals surface area contributed by atoms with Gasteiger partial charge in [-0.3, -0.25) is 9.36 Å². The standard InChI is InChI=1S/C10H11N3OS/c1-3-13-8(14)5-4-7-6-11-10(15-2)12-9(7)13/h4-6H,3H2,1-2H3. The van der Waals surface area contributed by atoms with Crippen LogP contribution >= 0.6 is 11.8 Å². The van der Waals surface area contributed by atoms with E-state index in [-0.39, 0.29) is 5.56 Å². The van der Waals surface area contributed by atoms with Gasteiger partial charge in [0, 0.05) is 24.2 Å². The molecule has 0 bridgehead atoms. The maximum absolute atomic E-state index is 11.6. The van der Waals surface area contributed by atoms with E-state index < -0.39 is 0 Å². The molecule has 2 aromatic rings. The molecular weight excluding hydrogens is 210 g/mol. The monoisotopic (exact) mass is 221 g/mol. The average molecular weight is 221 g/mol. The SMILES string of the molecule is CCn1c(=O)ccc2cnc(SC)nc21. The molecule has 0 saturated heterocycles. The first-order chi connectivity index (χ1) is 7.26. The first-order valence-electron chi connectivity index (χ1n) is 4.67. The Labute approximate surface area is 91.4 Å². The van der Waals surface area contributed by atoms with E-state index in [1.54, 1.807) is 22.9 Å². The lowest BCUT2D eigenvalue weighted by Crippen LogP contribution is -2.19. The second-order valence-electron chi connectivity index (χ2n) is 3.05. The topological polar surface area (TPSA) is 47.8 Å². The van der Waals surface area contributed by atoms with Crippen molar-refractivity contribution in [1.29, 1.82) is 0 Å². The molecule has 0 amide bonds. The molecule has 78 valence electrons. The molecule has 2 heterocycles. The minimum Gasteiger partial charge on any atom is -0.293 e. The van der Waals surface area contributed by atoms with Gasteiger partial charge < -0.3 is 0 Å². The minimum atomic E-state index is -0.0178. The van der Waals surface area contributed by atoms with Crippen LogP contribution in [0.5, 0.6) is 0 Å². The smallest absolute Gasteiger partial charge is 0.252 e. The zero-order valence-electron chi connectivity index (χ0n) is 8.60. The highest BCUT2D eigenvalue weighted by Crippen LogP contribution is 2.13. The molecule has 0 aliphatic rings. The Morgan fingerprint density at radius 3 is 2.93 bits per heavy atom. The summed E-state index contributed by atoms with van der Waals surface area (Å²) in [5.41, 5.74) is 0.695. The molecule has 2 aromatic heterocycles. The third-order valence-corrected chi connectivity index (χ3v) is 2.76. The fourth-order valence-electron chi connectivity index (χ4n) is 1.46. The van der Waals surface area contributed by atoms with Crippen LogP contribution in [-0.2, 0) is 6.54 Å². The predicted octanol–water partition coefficient (Wildman–Crippen LogP) is 1.53. The van der Waals surface area contributed by atoms with Crippen LogP contribution in [0.15, 0.2) is 28.3 Å². The number of hydrogen-bond donors (Lipinski definition) is 0. The highest BCUT2D eigenvalue weighted by molar-refractivity contribution is 7.98. The van der Waals surface area contributed by atoms with E-state index in [9.17, 15) is 4.79 Å². The Hall–Kier alpha value is -1.36. The molecule has 0 aromatic carbocycles. The number of hydrogen-bond acceptors (Lipinski definition) is 4. The van der Waals surface area contributed by atoms with Gasteiger partial charge in [-0.05, 0) is 19.2 Å². The number of pyridine rings is 1. The van der Waals surface area contributed by atoms with Gasteiger partial charge in [-0.2, -0.15) is 0 Å². The number of thioether (sulfide) groups is 1. The largest absolute Gasteiger partial charge is 0.293 e. The fourth-order valence-corrected chi connectivity index (χ4v) is 1.80. The van der Waals surface area contributed by atoms with Gasteiger partial charge in [-0.1, -0.05) is 11.8 Å². The van der Waals surface area contributed by atoms with E-state index in [4.69, 9.17) is 0 Å². The second-order valence-corrected chi connectivity index (χ2v) is 3.82. The van der Waals surface area contributed by atoms with E-state index in [0.29, 0.717) is 17.3 Å². The molecule has 4 nitrogen and oxygen atoms in total. The van der Waals surface area contributed by atoms with Crippen LogP contribution in [0.3, 0.4) is 0 Å². The first kappa shape index (κ1) is 10.2. The van der Waals surface area contributed by atoms with E-state index >= 15 is 0 Å². The van der Waals surface area contributed by atoms with Crippen LogP contribution in [0, 0.1) is 0 Å². The van der Waals surface area contributed by atoms with Crippen molar-refractivity contribution >= 4 is 22.8 Å². The van der Waals surface area contributed by atoms with Crippen molar-refractivity contribution in [2.24, 2.45) is 0 Å². The Kier molecular flexibility index (Phi) is 2.73. The third-order valence-electron chi connectivity index (χ3n) is 2.20. The molecule has 0 N–H and O–H groups in total. The molecule has 15 heavy (non-hydrogen) atoms. The summed E-state index contributed by atoms with van der Waals surface area (Å²) in [6.07, 6.45) is 3.66. The van der Waals surface area contributed by atoms with Crippen LogP contribution in [0.1, 0.15) is 6.92 Å². The van der Waals surface area contributed by atoms with Gasteiger partial charge in [0.1, 0.15) is 5.65 Å². The highest BCUT2D eigenvalue weighted by Gasteiger charge is 2.04. The van der Waals surface area contributed by atoms with Crippen LogP contribution in [-0.4, -0.2) is 20.8 Å². The average Bonchev–Trinajstić information content (AvgIpc) is 2.28. The van der Waals surface area contributed by atoms with Gasteiger partial charge in [0.2, 0.25) is 0 Å². The van der Waals surface area contributed by atoms with Crippen LogP contribution in [0.2, 0.25) is 0 Å². The fraction of sp³-hybridized carbons (Fsp3) is 0.300. The van der Waals surface area contributed by atoms with E-state index in [1.165, 1.54) is 11.8 Å². The molecule has 0 atom stereocenters. The zero-order chi connectivity index (χ0) is 10.8. The summed E-state index contributed by atoms with van der Waals surface area (Å²) in [5, 5.41) is 1.59. The number of aryl methyl sites for hydroxylation is 1. The lowest BCUT2D eigenvalue weighted by Gasteiger charge is -2.06. The maximum Gasteiger partial charge on any atom is 0.252 e. The highest BCUT2D eigenvalue weighted by atomic mass is 32.2. The lowest BCUT2D eigenvalue weighted by molar-refractivity contribution is 0.741. The Bertz CT molecular complexity index is 550. The quantitative estimate of drug-likeness (QED) is 0.570. The number of aromatic nitrogens is 3. The lowest BCUT2D eigenvalue weighted by atomic mass is 10.3. The summed E-state index contributed by atoms with van der Waals surface area (Å²) in [7, 11) is 0. The van der Waals surface area contributed by atoms with Crippen molar-refractivity contribution in [3.05, 3.63) is 28.7 Å². The molecule has 0 unspecified atom stereocenters. The van der Waals surface area contributed by atoms with Gasteiger partial charge in [0.15, 0.2) is 5.16 Å². The molecular formula is C10H11N3OS. The van der Waals surface area contributed by atoms with Crippen molar-refractivity contribution in [2.75, 3.05) is 6.26 Å². The summed E-state index contributed by atoms with van der Waals surface area (Å²) in [6.45, 7) is 2.56. The summed E-state index contributed by atoms with van der Waals surface area (Å²) in [5.74, 6) is 0. The van der Waals surface area contributed by atoms with E-state index in [2.05, 4.69) is 9.97 Å². The third kappa shape index (κ3) is 1.74. The van der Waals surface area contributed by atoms with E-state index in [1.807, 2.05) is 13.2 Å². The van der Waals surface area contributed by atoms with Crippen LogP contribution < -0.4 is 5.56 Å². The van der Waals surface area contributed by atoms with Gasteiger partial charge >= 0.3 is 0 Å². The molecule has 0 aliphatic carbocycles. The molecule has 2 rings (SSSR count). The zero-order valence-corrected chi connectivity index (χ0v) is 9.41. The molecule has 5 heteroatoms. The van der Waals surface area contributed by atoms with Crippen LogP contribution in [0.25, 0.3) is 11.0 Å². The molecule has 0 spiro atoms. The van der Waals surface area contributed by atoms with Crippen molar-refractivity contribution in [3.63, 3.8) is 0 Å². The van der Waals surface area contributed by atoms with Crippen molar-refractivity contribution in [3.8, 4) is 0 Å². The van der Waals surface area contributed by atoms with Gasteiger partial charge in [-0.25, -0.2) is 9.97 Å². The Balaban J connectivity index is 2.82. The van der Waals surface area contributed by atoms with Crippen LogP contribution in [0.4, 0.5) is 0 Å². The van der Waals surface area contributed by atoms with Gasteiger partial charge in [0.05, 0.1) is 0 Å². The van der Waals surface area contributed by atoms with Crippen molar-refractivity contribution < 1.29 is 0 Å². The van der Waals surface area contributed by atoms with E-state index in [0.717, 1.165) is 5.39 Å². The molecule has 0 saturated carbocycles. The summed E-state index contributed by atoms with van der Waals surface area (Å²) < 4.78 is 1.65. The number of nitrogens with zero attached hydrogens (tertiary/aromatic N) is 3. The molecule has 0 fully saturated rings. The summed E-state index contributed by atoms with van der Waals surface area (Å²) >= 11 is 1.47. The Morgan fingerprint density at radius 2 is 2.27 bits per heavy atom. The normalized spacial score (nSPS) is 10.8. The van der Waals surface area contributed by atoms with Gasteiger partial charge in [-0.15, -0.1) is 0 Å². The maximum atomic E-state index is 11.6. The predicted molar refractivity (Wildman–Crippen MR) is 61.3 cm³/mol. The Morgan fingerprint density at radius 1 is 1.47 bits per heavy atom.